The fraction of sp³-hybridized carbons (Fsp3) is 0.0833. The first kappa shape index (κ1) is 11.3. The first-order valence-corrected chi connectivity index (χ1v) is 5.56. The monoisotopic (exact) mass is 255 g/mol. The Bertz CT molecular complexity index is 697. The van der Waals surface area contributed by atoms with E-state index in [0.717, 1.165) is 5.56 Å². The summed E-state index contributed by atoms with van der Waals surface area (Å²) in [7, 11) is 0. The summed E-state index contributed by atoms with van der Waals surface area (Å²) in [6.07, 6.45) is 3.30. The SMILES string of the molecule is Nc1nc2c(cc1[N+](=O)[O-])C(c1ccncc1)=NC2. The third-order valence-corrected chi connectivity index (χ3v) is 2.90. The van der Waals surface area contributed by atoms with Crippen LogP contribution in [0.5, 0.6) is 0 Å². The van der Waals surface area contributed by atoms with Gasteiger partial charge in [0.2, 0.25) is 5.82 Å². The average Bonchev–Trinajstić information content (AvgIpc) is 2.81. The Morgan fingerprint density at radius 1 is 1.32 bits per heavy atom. The fourth-order valence-corrected chi connectivity index (χ4v) is 2.02. The quantitative estimate of drug-likeness (QED) is 0.643. The van der Waals surface area contributed by atoms with Gasteiger partial charge in [0, 0.05) is 29.6 Å². The summed E-state index contributed by atoms with van der Waals surface area (Å²) < 4.78 is 0. The van der Waals surface area contributed by atoms with Gasteiger partial charge in [-0.3, -0.25) is 20.1 Å². The summed E-state index contributed by atoms with van der Waals surface area (Å²) in [5, 5.41) is 10.9. The van der Waals surface area contributed by atoms with Crippen molar-refractivity contribution in [3.05, 3.63) is 57.5 Å². The molecule has 0 unspecified atom stereocenters. The van der Waals surface area contributed by atoms with E-state index in [4.69, 9.17) is 5.73 Å². The zero-order chi connectivity index (χ0) is 13.4. The van der Waals surface area contributed by atoms with Crippen LogP contribution in [0.25, 0.3) is 0 Å². The number of aliphatic imine (C=N–C) groups is 1. The van der Waals surface area contributed by atoms with Crippen LogP contribution in [0.2, 0.25) is 0 Å². The number of hydrogen-bond donors (Lipinski definition) is 1. The topological polar surface area (TPSA) is 107 Å². The molecule has 2 aromatic rings. The fourth-order valence-electron chi connectivity index (χ4n) is 2.02. The van der Waals surface area contributed by atoms with E-state index < -0.39 is 4.92 Å². The first-order chi connectivity index (χ1) is 9.16. The van der Waals surface area contributed by atoms with Crippen LogP contribution < -0.4 is 5.73 Å². The largest absolute Gasteiger partial charge is 0.378 e. The van der Waals surface area contributed by atoms with Gasteiger partial charge in [-0.2, -0.15) is 0 Å². The highest BCUT2D eigenvalue weighted by molar-refractivity contribution is 6.15. The van der Waals surface area contributed by atoms with Crippen molar-refractivity contribution in [2.45, 2.75) is 6.54 Å². The number of aromatic nitrogens is 2. The lowest BCUT2D eigenvalue weighted by atomic mass is 10.0. The maximum Gasteiger partial charge on any atom is 0.311 e. The van der Waals surface area contributed by atoms with E-state index in [9.17, 15) is 10.1 Å². The second kappa shape index (κ2) is 4.13. The molecule has 0 aromatic carbocycles. The van der Waals surface area contributed by atoms with Crippen LogP contribution in [-0.4, -0.2) is 20.6 Å². The van der Waals surface area contributed by atoms with Gasteiger partial charge in [0.1, 0.15) is 0 Å². The second-order valence-electron chi connectivity index (χ2n) is 4.04. The van der Waals surface area contributed by atoms with Gasteiger partial charge in [-0.25, -0.2) is 4.98 Å². The molecule has 0 atom stereocenters. The van der Waals surface area contributed by atoms with Crippen LogP contribution in [0.4, 0.5) is 11.5 Å². The number of nitrogens with two attached hydrogens (primary N) is 1. The van der Waals surface area contributed by atoms with Crippen molar-refractivity contribution >= 4 is 17.2 Å². The molecule has 0 bridgehead atoms. The van der Waals surface area contributed by atoms with Crippen molar-refractivity contribution < 1.29 is 4.92 Å². The van der Waals surface area contributed by atoms with Gasteiger partial charge < -0.3 is 5.73 Å². The van der Waals surface area contributed by atoms with Gasteiger partial charge in [-0.05, 0) is 12.1 Å². The Kier molecular flexibility index (Phi) is 2.45. The molecule has 19 heavy (non-hydrogen) atoms. The van der Waals surface area contributed by atoms with Crippen LogP contribution in [-0.2, 0) is 6.54 Å². The summed E-state index contributed by atoms with van der Waals surface area (Å²) >= 11 is 0. The lowest BCUT2D eigenvalue weighted by Crippen LogP contribution is -2.06. The molecule has 0 spiro atoms. The molecule has 7 nitrogen and oxygen atoms in total. The highest BCUT2D eigenvalue weighted by atomic mass is 16.6. The molecular formula is C12H9N5O2. The van der Waals surface area contributed by atoms with Crippen molar-refractivity contribution in [3.8, 4) is 0 Å². The zero-order valence-electron chi connectivity index (χ0n) is 9.78. The van der Waals surface area contributed by atoms with Gasteiger partial charge in [-0.1, -0.05) is 0 Å². The second-order valence-corrected chi connectivity index (χ2v) is 4.04. The summed E-state index contributed by atoms with van der Waals surface area (Å²) in [6, 6.07) is 5.04. The zero-order valence-corrected chi connectivity index (χ0v) is 9.78. The van der Waals surface area contributed by atoms with Gasteiger partial charge >= 0.3 is 5.69 Å². The number of anilines is 1. The summed E-state index contributed by atoms with van der Waals surface area (Å²) in [5.74, 6) is -0.0741. The number of pyridine rings is 2. The van der Waals surface area contributed by atoms with Crippen molar-refractivity contribution in [3.63, 3.8) is 0 Å². The molecule has 0 amide bonds. The van der Waals surface area contributed by atoms with Crippen LogP contribution in [0, 0.1) is 10.1 Å². The first-order valence-electron chi connectivity index (χ1n) is 5.56. The summed E-state index contributed by atoms with van der Waals surface area (Å²) in [5.41, 5.74) is 8.24. The van der Waals surface area contributed by atoms with Crippen LogP contribution in [0.15, 0.2) is 35.6 Å². The highest BCUT2D eigenvalue weighted by Gasteiger charge is 2.24. The molecule has 2 aromatic heterocycles. The molecule has 0 saturated heterocycles. The Morgan fingerprint density at radius 2 is 2.05 bits per heavy atom. The van der Waals surface area contributed by atoms with Gasteiger partial charge in [0.05, 0.1) is 22.9 Å². The van der Waals surface area contributed by atoms with Crippen molar-refractivity contribution in [2.75, 3.05) is 5.73 Å². The third-order valence-electron chi connectivity index (χ3n) is 2.90. The number of hydrogen-bond acceptors (Lipinski definition) is 6. The Morgan fingerprint density at radius 3 is 2.74 bits per heavy atom. The minimum atomic E-state index is -0.537. The molecular weight excluding hydrogens is 246 g/mol. The lowest BCUT2D eigenvalue weighted by molar-refractivity contribution is -0.384. The number of fused-ring (bicyclic) bond motifs is 1. The minimum Gasteiger partial charge on any atom is -0.378 e. The molecule has 7 heteroatoms. The predicted molar refractivity (Wildman–Crippen MR) is 68.9 cm³/mol. The maximum absolute atomic E-state index is 10.9. The van der Waals surface area contributed by atoms with E-state index in [1.807, 2.05) is 0 Å². The van der Waals surface area contributed by atoms with E-state index in [0.29, 0.717) is 23.5 Å². The summed E-state index contributed by atoms with van der Waals surface area (Å²) in [6.45, 7) is 0.384. The van der Waals surface area contributed by atoms with Gasteiger partial charge in [-0.15, -0.1) is 0 Å². The van der Waals surface area contributed by atoms with E-state index in [-0.39, 0.29) is 11.5 Å². The van der Waals surface area contributed by atoms with Crippen LogP contribution in [0.1, 0.15) is 16.8 Å². The molecule has 1 aliphatic rings. The molecule has 0 aliphatic carbocycles. The minimum absolute atomic E-state index is 0.0741. The van der Waals surface area contributed by atoms with Crippen molar-refractivity contribution in [1.29, 1.82) is 0 Å². The molecule has 2 N–H and O–H groups in total. The number of nitrogens with zero attached hydrogens (tertiary/aromatic N) is 4. The maximum atomic E-state index is 10.9. The van der Waals surface area contributed by atoms with E-state index >= 15 is 0 Å². The third kappa shape index (κ3) is 1.81. The average molecular weight is 255 g/mol. The lowest BCUT2D eigenvalue weighted by Gasteiger charge is -2.04. The molecule has 0 radical (unpaired) electrons. The molecule has 1 aliphatic heterocycles. The molecule has 94 valence electrons. The number of rotatable bonds is 2. The molecule has 3 heterocycles. The van der Waals surface area contributed by atoms with Crippen LogP contribution in [0.3, 0.4) is 0 Å². The normalized spacial score (nSPS) is 12.9. The van der Waals surface area contributed by atoms with Gasteiger partial charge in [0.15, 0.2) is 0 Å². The van der Waals surface area contributed by atoms with E-state index in [1.54, 1.807) is 24.5 Å². The van der Waals surface area contributed by atoms with Crippen molar-refractivity contribution in [1.82, 2.24) is 9.97 Å². The number of nitrogen functional groups attached to an aromatic ring is 1. The Balaban J connectivity index is 2.13. The molecule has 3 rings (SSSR count). The Labute approximate surface area is 108 Å². The van der Waals surface area contributed by atoms with E-state index in [1.165, 1.54) is 6.07 Å². The number of nitro groups is 1. The Hall–Kier alpha value is -2.83. The van der Waals surface area contributed by atoms with Gasteiger partial charge in [0.25, 0.3) is 0 Å². The molecule has 0 saturated carbocycles. The van der Waals surface area contributed by atoms with E-state index in [2.05, 4.69) is 15.0 Å². The molecule has 0 fully saturated rings. The standard InChI is InChI=1S/C12H9N5O2/c13-12-10(17(18)19)5-8-9(16-12)6-15-11(8)7-1-3-14-4-2-7/h1-5H,6H2,(H2,13,16). The van der Waals surface area contributed by atoms with Crippen molar-refractivity contribution in [2.24, 2.45) is 4.99 Å². The van der Waals surface area contributed by atoms with Crippen LogP contribution >= 0.6 is 0 Å². The predicted octanol–water partition coefficient (Wildman–Crippen LogP) is 1.32. The highest BCUT2D eigenvalue weighted by Crippen LogP contribution is 2.28. The smallest absolute Gasteiger partial charge is 0.311 e. The summed E-state index contributed by atoms with van der Waals surface area (Å²) in [4.78, 5) is 22.7.